The predicted octanol–water partition coefficient (Wildman–Crippen LogP) is 5.37. The van der Waals surface area contributed by atoms with E-state index in [1.807, 2.05) is 61.0 Å². The first-order chi connectivity index (χ1) is 15.0. The lowest BCUT2D eigenvalue weighted by molar-refractivity contribution is -0.146. The van der Waals surface area contributed by atoms with Gasteiger partial charge in [-0.3, -0.25) is 4.79 Å². The highest BCUT2D eigenvalue weighted by molar-refractivity contribution is 7.98. The van der Waals surface area contributed by atoms with Gasteiger partial charge in [0.2, 0.25) is 0 Å². The quantitative estimate of drug-likeness (QED) is 0.177. The van der Waals surface area contributed by atoms with Gasteiger partial charge in [-0.05, 0) is 42.8 Å². The standard InChI is InChI=1S/C25H20NO3S2/c1-30-17-11-7-15(8-12-17)22-21-23(27)19-5-3-4-6-20(19)24(28)26(22,25(21)29)16-9-13-18(31-2)14-10-16/h3-14,21-22H,1-2H3/q+1. The fourth-order valence-electron chi connectivity index (χ4n) is 4.80. The molecule has 154 valence electrons. The first-order valence-corrected chi connectivity index (χ1v) is 12.4. The molecule has 3 aliphatic heterocycles. The van der Waals surface area contributed by atoms with Crippen molar-refractivity contribution in [2.45, 2.75) is 15.8 Å². The molecule has 6 rings (SSSR count). The van der Waals surface area contributed by atoms with Gasteiger partial charge in [-0.15, -0.1) is 23.5 Å². The van der Waals surface area contributed by atoms with Crippen molar-refractivity contribution in [3.05, 3.63) is 89.5 Å². The molecule has 0 spiro atoms. The first-order valence-electron chi connectivity index (χ1n) is 9.94. The first kappa shape index (κ1) is 20.2. The Labute approximate surface area is 189 Å². The summed E-state index contributed by atoms with van der Waals surface area (Å²) in [7, 11) is 0. The van der Waals surface area contributed by atoms with Crippen molar-refractivity contribution in [3.63, 3.8) is 0 Å². The van der Waals surface area contributed by atoms with Crippen LogP contribution in [0, 0.1) is 5.92 Å². The third kappa shape index (κ3) is 2.72. The number of thioether (sulfide) groups is 2. The number of hydrogen-bond donors (Lipinski definition) is 0. The summed E-state index contributed by atoms with van der Waals surface area (Å²) in [4.78, 5) is 43.2. The number of β-lactam (4-membered cyclic amide) rings is 1. The average molecular weight is 447 g/mol. The van der Waals surface area contributed by atoms with Crippen LogP contribution in [0.5, 0.6) is 0 Å². The van der Waals surface area contributed by atoms with E-state index in [-0.39, 0.29) is 17.6 Å². The Bertz CT molecular complexity index is 1220. The van der Waals surface area contributed by atoms with Gasteiger partial charge >= 0.3 is 11.8 Å². The molecule has 0 N–H and O–H groups in total. The molecule has 0 aromatic heterocycles. The lowest BCUT2D eigenvalue weighted by atomic mass is 9.76. The van der Waals surface area contributed by atoms with E-state index in [1.165, 1.54) is 0 Å². The van der Waals surface area contributed by atoms with Gasteiger partial charge in [-0.2, -0.15) is 4.48 Å². The zero-order valence-electron chi connectivity index (χ0n) is 17.1. The Morgan fingerprint density at radius 3 is 1.84 bits per heavy atom. The fourth-order valence-corrected chi connectivity index (χ4v) is 5.61. The molecule has 1 fully saturated rings. The Balaban J connectivity index is 1.77. The molecule has 1 saturated heterocycles. The monoisotopic (exact) mass is 446 g/mol. The molecule has 3 aromatic rings. The molecule has 6 heteroatoms. The maximum atomic E-state index is 14.0. The van der Waals surface area contributed by atoms with Gasteiger partial charge < -0.3 is 0 Å². The molecule has 0 radical (unpaired) electrons. The Kier molecular flexibility index (Phi) is 4.88. The van der Waals surface area contributed by atoms with Gasteiger partial charge in [-0.25, -0.2) is 9.59 Å². The van der Waals surface area contributed by atoms with Gasteiger partial charge in [0, 0.05) is 33.1 Å². The average Bonchev–Trinajstić information content (AvgIpc) is 2.95. The van der Waals surface area contributed by atoms with Crippen LogP contribution in [0.15, 0.2) is 82.6 Å². The van der Waals surface area contributed by atoms with Gasteiger partial charge in [0.25, 0.3) is 0 Å². The molecule has 3 aliphatic rings. The Morgan fingerprint density at radius 1 is 0.710 bits per heavy atom. The van der Waals surface area contributed by atoms with Crippen molar-refractivity contribution in [1.29, 1.82) is 0 Å². The number of ketones is 1. The van der Waals surface area contributed by atoms with Crippen LogP contribution in [-0.4, -0.2) is 30.1 Å². The van der Waals surface area contributed by atoms with E-state index in [1.54, 1.807) is 47.8 Å². The SMILES string of the molecule is CSc1ccc(C2C3C(=O)c4ccccc4C(=O)[N+]2(c2ccc(SC)cc2)C3=O)cc1. The molecule has 3 aromatic carbocycles. The number of imide groups is 1. The Hall–Kier alpha value is -2.67. The zero-order chi connectivity index (χ0) is 21.8. The van der Waals surface area contributed by atoms with Gasteiger partial charge in [0.15, 0.2) is 17.7 Å². The number of carbonyl (C=O) groups excluding carboxylic acids is 3. The summed E-state index contributed by atoms with van der Waals surface area (Å²) in [6.07, 6.45) is 3.98. The number of quaternary nitrogens is 1. The number of amides is 2. The molecule has 3 unspecified atom stereocenters. The molecule has 0 aliphatic carbocycles. The number of nitrogens with zero attached hydrogens (tertiary/aromatic N) is 1. The summed E-state index contributed by atoms with van der Waals surface area (Å²) < 4.78 is -0.472. The highest BCUT2D eigenvalue weighted by Crippen LogP contribution is 2.55. The second kappa shape index (κ2) is 7.48. The summed E-state index contributed by atoms with van der Waals surface area (Å²) in [5, 5.41) is 0. The van der Waals surface area contributed by atoms with Gasteiger partial charge in [0.1, 0.15) is 5.69 Å². The summed E-state index contributed by atoms with van der Waals surface area (Å²) >= 11 is 3.22. The summed E-state index contributed by atoms with van der Waals surface area (Å²) in [5.41, 5.74) is 2.09. The normalized spacial score (nSPS) is 24.4. The molecule has 3 heterocycles. The fraction of sp³-hybridized carbons (Fsp3) is 0.160. The molecule has 31 heavy (non-hydrogen) atoms. The van der Waals surface area contributed by atoms with Crippen molar-refractivity contribution in [3.8, 4) is 0 Å². The van der Waals surface area contributed by atoms with E-state index >= 15 is 0 Å². The van der Waals surface area contributed by atoms with Crippen LogP contribution in [0.1, 0.15) is 32.3 Å². The van der Waals surface area contributed by atoms with Crippen molar-refractivity contribution in [2.75, 3.05) is 12.5 Å². The molecule has 3 atom stereocenters. The molecular formula is C25H20NO3S2+. The summed E-state index contributed by atoms with van der Waals surface area (Å²) in [5.74, 6) is -1.81. The van der Waals surface area contributed by atoms with Crippen LogP contribution in [0.25, 0.3) is 0 Å². The summed E-state index contributed by atoms with van der Waals surface area (Å²) in [6, 6.07) is 21.6. The molecular weight excluding hydrogens is 426 g/mol. The van der Waals surface area contributed by atoms with Crippen LogP contribution in [0.2, 0.25) is 0 Å². The number of carbonyl (C=O) groups is 3. The highest BCUT2D eigenvalue weighted by atomic mass is 32.2. The number of hydrogen-bond acceptors (Lipinski definition) is 5. The van der Waals surface area contributed by atoms with E-state index in [0.29, 0.717) is 16.8 Å². The number of Topliss-reactive ketones (excluding diaryl/α,β-unsaturated/α-hetero) is 1. The third-order valence-electron chi connectivity index (χ3n) is 6.31. The predicted molar refractivity (Wildman–Crippen MR) is 125 cm³/mol. The maximum absolute atomic E-state index is 14.0. The third-order valence-corrected chi connectivity index (χ3v) is 7.80. The van der Waals surface area contributed by atoms with E-state index in [0.717, 1.165) is 15.4 Å². The van der Waals surface area contributed by atoms with Crippen molar-refractivity contribution in [2.24, 2.45) is 5.92 Å². The van der Waals surface area contributed by atoms with Gasteiger partial charge in [0.05, 0.1) is 5.56 Å². The molecule has 2 bridgehead atoms. The van der Waals surface area contributed by atoms with Crippen LogP contribution in [0.4, 0.5) is 5.69 Å². The van der Waals surface area contributed by atoms with E-state index in [9.17, 15) is 14.4 Å². The minimum absolute atomic E-state index is 0.264. The van der Waals surface area contributed by atoms with Crippen LogP contribution >= 0.6 is 23.5 Å². The molecule has 4 nitrogen and oxygen atoms in total. The van der Waals surface area contributed by atoms with Crippen molar-refractivity contribution in [1.82, 2.24) is 4.48 Å². The highest BCUT2D eigenvalue weighted by Gasteiger charge is 2.74. The second-order valence-electron chi connectivity index (χ2n) is 7.67. The second-order valence-corrected chi connectivity index (χ2v) is 9.43. The summed E-state index contributed by atoms with van der Waals surface area (Å²) in [6.45, 7) is 0. The van der Waals surface area contributed by atoms with Crippen LogP contribution in [0.3, 0.4) is 0 Å². The van der Waals surface area contributed by atoms with Crippen molar-refractivity contribution < 1.29 is 14.4 Å². The smallest absolute Gasteiger partial charge is 0.293 e. The number of benzene rings is 3. The number of rotatable bonds is 4. The minimum atomic E-state index is -0.868. The lowest BCUT2D eigenvalue weighted by Crippen LogP contribution is -2.74. The maximum Gasteiger partial charge on any atom is 0.359 e. The molecule has 0 saturated carbocycles. The van der Waals surface area contributed by atoms with E-state index in [2.05, 4.69) is 0 Å². The zero-order valence-corrected chi connectivity index (χ0v) is 18.7. The van der Waals surface area contributed by atoms with Gasteiger partial charge in [-0.1, -0.05) is 30.3 Å². The minimum Gasteiger partial charge on any atom is -0.293 e. The lowest BCUT2D eigenvalue weighted by Gasteiger charge is -2.49. The van der Waals surface area contributed by atoms with Crippen molar-refractivity contribution >= 4 is 46.8 Å². The Morgan fingerprint density at radius 2 is 1.26 bits per heavy atom. The topological polar surface area (TPSA) is 51.2 Å². The van der Waals surface area contributed by atoms with E-state index < -0.39 is 16.4 Å². The van der Waals surface area contributed by atoms with Crippen LogP contribution in [-0.2, 0) is 4.79 Å². The van der Waals surface area contributed by atoms with E-state index in [4.69, 9.17) is 0 Å². The van der Waals surface area contributed by atoms with Crippen LogP contribution < -0.4 is 4.48 Å². The molecule has 2 amide bonds. The largest absolute Gasteiger partial charge is 0.359 e.